The van der Waals surface area contributed by atoms with Crippen molar-refractivity contribution >= 4 is 34.1 Å². The highest BCUT2D eigenvalue weighted by molar-refractivity contribution is 8.01. The van der Waals surface area contributed by atoms with Gasteiger partial charge < -0.3 is 0 Å². The second-order valence-corrected chi connectivity index (χ2v) is 7.83. The molecule has 0 saturated heterocycles. The van der Waals surface area contributed by atoms with Crippen molar-refractivity contribution in [3.05, 3.63) is 35.6 Å². The van der Waals surface area contributed by atoms with Gasteiger partial charge in [0.25, 0.3) is 0 Å². The smallest absolute Gasteiger partial charge is 0.225 e. The molecule has 1 amide bonds. The third-order valence-corrected chi connectivity index (χ3v) is 5.64. The number of rotatable bonds is 5. The Morgan fingerprint density at radius 2 is 2.05 bits per heavy atom. The molecule has 3 rings (SSSR count). The number of nitrogens with zero attached hydrogens (tertiary/aromatic N) is 3. The van der Waals surface area contributed by atoms with Gasteiger partial charge in [-0.2, -0.15) is 0 Å². The number of halogens is 1. The molecule has 1 aromatic heterocycles. The van der Waals surface area contributed by atoms with E-state index in [0.29, 0.717) is 5.13 Å². The molecule has 1 aliphatic rings. The summed E-state index contributed by atoms with van der Waals surface area (Å²) >= 11 is 3.00. The van der Waals surface area contributed by atoms with Crippen molar-refractivity contribution in [2.24, 2.45) is 0 Å². The maximum atomic E-state index is 13.0. The number of hydrogen-bond donors (Lipinski definition) is 0. The minimum Gasteiger partial charge on any atom is -0.284 e. The molecule has 1 atom stereocenters. The Labute approximate surface area is 136 Å². The number of carbonyl (C=O) groups is 1. The van der Waals surface area contributed by atoms with Crippen LogP contribution in [-0.4, -0.2) is 22.1 Å². The van der Waals surface area contributed by atoms with Crippen LogP contribution >= 0.6 is 23.1 Å². The fraction of sp³-hybridized carbons (Fsp3) is 0.400. The van der Waals surface area contributed by atoms with Crippen LogP contribution in [-0.2, 0) is 4.79 Å². The van der Waals surface area contributed by atoms with Gasteiger partial charge in [-0.05, 0) is 37.5 Å². The molecular formula is C15H16FN3OS2. The van der Waals surface area contributed by atoms with E-state index in [0.717, 1.165) is 22.7 Å². The van der Waals surface area contributed by atoms with Gasteiger partial charge in [-0.3, -0.25) is 9.69 Å². The minimum atomic E-state index is -0.235. The highest BCUT2D eigenvalue weighted by Gasteiger charge is 2.34. The number of carbonyl (C=O) groups excluding carboxylic acids is 1. The zero-order valence-electron chi connectivity index (χ0n) is 12.3. The maximum Gasteiger partial charge on any atom is 0.225 e. The Kier molecular flexibility index (Phi) is 4.44. The van der Waals surface area contributed by atoms with Crippen molar-refractivity contribution < 1.29 is 9.18 Å². The summed E-state index contributed by atoms with van der Waals surface area (Å²) in [4.78, 5) is 13.5. The van der Waals surface area contributed by atoms with E-state index in [1.807, 2.05) is 6.92 Å². The third-order valence-electron chi connectivity index (χ3n) is 3.47. The van der Waals surface area contributed by atoms with Crippen molar-refractivity contribution in [2.45, 2.75) is 42.3 Å². The van der Waals surface area contributed by atoms with Crippen LogP contribution in [0.4, 0.5) is 9.52 Å². The molecule has 0 aliphatic heterocycles. The first-order valence-corrected chi connectivity index (χ1v) is 8.79. The summed E-state index contributed by atoms with van der Waals surface area (Å²) in [5, 5.41) is 9.15. The molecule has 1 heterocycles. The second kappa shape index (κ2) is 6.34. The lowest BCUT2D eigenvalue weighted by Gasteiger charge is -2.15. The van der Waals surface area contributed by atoms with Crippen LogP contribution in [0.1, 0.15) is 37.5 Å². The van der Waals surface area contributed by atoms with E-state index in [-0.39, 0.29) is 23.0 Å². The van der Waals surface area contributed by atoms with Crippen molar-refractivity contribution in [1.29, 1.82) is 0 Å². The van der Waals surface area contributed by atoms with Gasteiger partial charge in [0.05, 0.1) is 0 Å². The van der Waals surface area contributed by atoms with Crippen LogP contribution in [0.3, 0.4) is 0 Å². The van der Waals surface area contributed by atoms with E-state index < -0.39 is 0 Å². The average Bonchev–Trinajstić information content (AvgIpc) is 3.19. The summed E-state index contributed by atoms with van der Waals surface area (Å²) in [7, 11) is 0. The topological polar surface area (TPSA) is 46.1 Å². The fourth-order valence-electron chi connectivity index (χ4n) is 2.18. The van der Waals surface area contributed by atoms with Crippen molar-refractivity contribution in [3.63, 3.8) is 0 Å². The van der Waals surface area contributed by atoms with Gasteiger partial charge in [-0.15, -0.1) is 10.2 Å². The first-order chi connectivity index (χ1) is 10.5. The van der Waals surface area contributed by atoms with Gasteiger partial charge >= 0.3 is 0 Å². The average molecular weight is 337 g/mol. The third kappa shape index (κ3) is 3.47. The Balaban J connectivity index is 1.71. The van der Waals surface area contributed by atoms with E-state index in [9.17, 15) is 9.18 Å². The standard InChI is InChI=1S/C15H16FN3OS2/c1-9(11-3-5-12(16)6-4-11)21-15-18-17-14(22-15)19(10(2)20)13-7-8-13/h3-6,9,13H,7-8H2,1-2H3. The summed E-state index contributed by atoms with van der Waals surface area (Å²) in [6, 6.07) is 6.77. The molecule has 1 unspecified atom stereocenters. The molecule has 0 bridgehead atoms. The van der Waals surface area contributed by atoms with Crippen LogP contribution in [0.15, 0.2) is 28.6 Å². The van der Waals surface area contributed by atoms with Crippen molar-refractivity contribution in [2.75, 3.05) is 4.90 Å². The summed E-state index contributed by atoms with van der Waals surface area (Å²) in [5.41, 5.74) is 1.04. The molecule has 1 aliphatic carbocycles. The number of thioether (sulfide) groups is 1. The van der Waals surface area contributed by atoms with E-state index in [1.165, 1.54) is 23.5 Å². The molecule has 1 fully saturated rings. The van der Waals surface area contributed by atoms with Crippen LogP contribution in [0.25, 0.3) is 0 Å². The lowest BCUT2D eigenvalue weighted by atomic mass is 10.2. The second-order valence-electron chi connectivity index (χ2n) is 5.28. The number of hydrogen-bond acceptors (Lipinski definition) is 5. The van der Waals surface area contributed by atoms with Crippen LogP contribution in [0.2, 0.25) is 0 Å². The molecular weight excluding hydrogens is 321 g/mol. The molecule has 116 valence electrons. The summed E-state index contributed by atoms with van der Waals surface area (Å²) in [6.07, 6.45) is 2.07. The first-order valence-electron chi connectivity index (χ1n) is 7.10. The largest absolute Gasteiger partial charge is 0.284 e. The molecule has 0 spiro atoms. The fourth-order valence-corrected chi connectivity index (χ4v) is 4.41. The summed E-state index contributed by atoms with van der Waals surface area (Å²) in [5.74, 6) is -0.220. The van der Waals surface area contributed by atoms with E-state index in [1.54, 1.807) is 35.7 Å². The SMILES string of the molecule is CC(=O)N(c1nnc(SC(C)c2ccc(F)cc2)s1)C1CC1. The van der Waals surface area contributed by atoms with Gasteiger partial charge in [0.15, 0.2) is 4.34 Å². The van der Waals surface area contributed by atoms with Crippen molar-refractivity contribution in [3.8, 4) is 0 Å². The zero-order chi connectivity index (χ0) is 15.7. The van der Waals surface area contributed by atoms with E-state index in [2.05, 4.69) is 10.2 Å². The zero-order valence-corrected chi connectivity index (χ0v) is 14.0. The Morgan fingerprint density at radius 3 is 2.64 bits per heavy atom. The number of aromatic nitrogens is 2. The van der Waals surface area contributed by atoms with Crippen LogP contribution in [0, 0.1) is 5.82 Å². The van der Waals surface area contributed by atoms with Gasteiger partial charge in [0, 0.05) is 18.2 Å². The van der Waals surface area contributed by atoms with E-state index >= 15 is 0 Å². The number of anilines is 1. The van der Waals surface area contributed by atoms with E-state index in [4.69, 9.17) is 0 Å². The number of benzene rings is 1. The van der Waals surface area contributed by atoms with Gasteiger partial charge in [-0.1, -0.05) is 35.2 Å². The normalized spacial score (nSPS) is 15.6. The summed E-state index contributed by atoms with van der Waals surface area (Å²) in [6.45, 7) is 3.61. The minimum absolute atomic E-state index is 0.0155. The molecule has 2 aromatic rings. The molecule has 22 heavy (non-hydrogen) atoms. The monoisotopic (exact) mass is 337 g/mol. The molecule has 1 aromatic carbocycles. The predicted molar refractivity (Wildman–Crippen MR) is 86.8 cm³/mol. The highest BCUT2D eigenvalue weighted by atomic mass is 32.2. The molecule has 1 saturated carbocycles. The molecule has 7 heteroatoms. The van der Waals surface area contributed by atoms with Gasteiger partial charge in [-0.25, -0.2) is 4.39 Å². The molecule has 0 N–H and O–H groups in total. The first kappa shape index (κ1) is 15.4. The highest BCUT2D eigenvalue weighted by Crippen LogP contribution is 2.40. The quantitative estimate of drug-likeness (QED) is 0.610. The summed E-state index contributed by atoms with van der Waals surface area (Å²) < 4.78 is 13.8. The van der Waals surface area contributed by atoms with Crippen LogP contribution in [0.5, 0.6) is 0 Å². The Hall–Kier alpha value is -1.47. The van der Waals surface area contributed by atoms with Gasteiger partial charge in [0.2, 0.25) is 11.0 Å². The van der Waals surface area contributed by atoms with Crippen LogP contribution < -0.4 is 4.90 Å². The predicted octanol–water partition coefficient (Wildman–Crippen LogP) is 4.05. The molecule has 4 nitrogen and oxygen atoms in total. The lowest BCUT2D eigenvalue weighted by molar-refractivity contribution is -0.116. The van der Waals surface area contributed by atoms with Crippen molar-refractivity contribution in [1.82, 2.24) is 10.2 Å². The molecule has 0 radical (unpaired) electrons. The lowest BCUT2D eigenvalue weighted by Crippen LogP contribution is -2.30. The number of amides is 1. The van der Waals surface area contributed by atoms with Gasteiger partial charge in [0.1, 0.15) is 5.82 Å². The Morgan fingerprint density at radius 1 is 1.36 bits per heavy atom. The Bertz CT molecular complexity index is 670. The maximum absolute atomic E-state index is 13.0.